The van der Waals surface area contributed by atoms with Crippen molar-refractivity contribution in [3.8, 4) is 5.75 Å². The summed E-state index contributed by atoms with van der Waals surface area (Å²) >= 11 is 0. The number of nitrogens with one attached hydrogen (secondary N) is 1. The zero-order valence-corrected chi connectivity index (χ0v) is 12.3. The fourth-order valence-corrected chi connectivity index (χ4v) is 2.42. The number of carbonyl (C=O) groups is 1. The van der Waals surface area contributed by atoms with Gasteiger partial charge < -0.3 is 10.4 Å². The zero-order valence-electron chi connectivity index (χ0n) is 12.3. The molecule has 0 radical (unpaired) electrons. The second-order valence-electron chi connectivity index (χ2n) is 5.13. The molecule has 0 spiro atoms. The average molecular weight is 310 g/mol. The Morgan fingerprint density at radius 3 is 2.78 bits per heavy atom. The topological polar surface area (TPSA) is 62.2 Å². The Bertz CT molecular complexity index is 865. The van der Waals surface area contributed by atoms with Crippen LogP contribution in [-0.2, 0) is 6.42 Å². The SMILES string of the molecule is O=C(NCCc1ccccc1F)c1ccc2cccnc2c1O. The van der Waals surface area contributed by atoms with Gasteiger partial charge in [0.1, 0.15) is 11.3 Å². The van der Waals surface area contributed by atoms with Gasteiger partial charge in [0.05, 0.1) is 5.56 Å². The third kappa shape index (κ3) is 3.13. The first-order valence-corrected chi connectivity index (χ1v) is 7.25. The maximum Gasteiger partial charge on any atom is 0.255 e. The van der Waals surface area contributed by atoms with E-state index in [4.69, 9.17) is 0 Å². The highest BCUT2D eigenvalue weighted by Crippen LogP contribution is 2.26. The third-order valence-corrected chi connectivity index (χ3v) is 3.63. The Morgan fingerprint density at radius 2 is 1.96 bits per heavy atom. The minimum atomic E-state index is -0.411. The van der Waals surface area contributed by atoms with E-state index in [0.717, 1.165) is 5.39 Å². The maximum atomic E-state index is 13.5. The molecule has 0 aliphatic carbocycles. The number of aromatic nitrogens is 1. The van der Waals surface area contributed by atoms with Crippen molar-refractivity contribution in [1.82, 2.24) is 10.3 Å². The van der Waals surface area contributed by atoms with Gasteiger partial charge in [-0.3, -0.25) is 9.78 Å². The van der Waals surface area contributed by atoms with E-state index in [2.05, 4.69) is 10.3 Å². The predicted octanol–water partition coefficient (Wildman–Crippen LogP) is 3.05. The number of carbonyl (C=O) groups excluding carboxylic acids is 1. The number of pyridine rings is 1. The second-order valence-corrected chi connectivity index (χ2v) is 5.13. The van der Waals surface area contributed by atoms with Crippen molar-refractivity contribution in [2.24, 2.45) is 0 Å². The highest BCUT2D eigenvalue weighted by Gasteiger charge is 2.14. The molecular formula is C18H15FN2O2. The summed E-state index contributed by atoms with van der Waals surface area (Å²) in [6.07, 6.45) is 1.94. The number of phenols is 1. The van der Waals surface area contributed by atoms with Crippen LogP contribution >= 0.6 is 0 Å². The minimum absolute atomic E-state index is 0.147. The predicted molar refractivity (Wildman–Crippen MR) is 85.8 cm³/mol. The van der Waals surface area contributed by atoms with E-state index in [1.807, 2.05) is 6.07 Å². The molecule has 0 aliphatic rings. The Balaban J connectivity index is 1.71. The van der Waals surface area contributed by atoms with Gasteiger partial charge in [0, 0.05) is 18.1 Å². The standard InChI is InChI=1S/C18H15FN2O2/c19-15-6-2-1-4-12(15)9-11-21-18(23)14-8-7-13-5-3-10-20-16(13)17(14)22/h1-8,10,22H,9,11H2,(H,21,23). The molecule has 0 atom stereocenters. The Labute approximate surface area is 132 Å². The molecule has 1 amide bonds. The van der Waals surface area contributed by atoms with Crippen LogP contribution in [0.15, 0.2) is 54.7 Å². The lowest BCUT2D eigenvalue weighted by Gasteiger charge is -2.09. The van der Waals surface area contributed by atoms with E-state index in [1.54, 1.807) is 42.6 Å². The molecule has 0 saturated heterocycles. The van der Waals surface area contributed by atoms with Gasteiger partial charge >= 0.3 is 0 Å². The van der Waals surface area contributed by atoms with Gasteiger partial charge in [0.2, 0.25) is 0 Å². The zero-order chi connectivity index (χ0) is 16.2. The summed E-state index contributed by atoms with van der Waals surface area (Å²) in [5, 5.41) is 13.6. The van der Waals surface area contributed by atoms with Crippen LogP contribution in [0.2, 0.25) is 0 Å². The van der Waals surface area contributed by atoms with Gasteiger partial charge in [-0.05, 0) is 30.2 Å². The van der Waals surface area contributed by atoms with E-state index in [9.17, 15) is 14.3 Å². The quantitative estimate of drug-likeness (QED) is 0.778. The molecule has 2 aromatic carbocycles. The second kappa shape index (κ2) is 6.44. The minimum Gasteiger partial charge on any atom is -0.505 e. The number of hydrogen-bond acceptors (Lipinski definition) is 3. The largest absolute Gasteiger partial charge is 0.505 e. The van der Waals surface area contributed by atoms with E-state index in [1.165, 1.54) is 6.07 Å². The number of amides is 1. The molecule has 1 aromatic heterocycles. The number of aromatic hydroxyl groups is 1. The summed E-state index contributed by atoms with van der Waals surface area (Å²) in [6.45, 7) is 0.277. The van der Waals surface area contributed by atoms with Crippen molar-refractivity contribution in [2.45, 2.75) is 6.42 Å². The molecule has 3 rings (SSSR count). The number of benzene rings is 2. The molecule has 0 unspecified atom stereocenters. The smallest absolute Gasteiger partial charge is 0.255 e. The summed E-state index contributed by atoms with van der Waals surface area (Å²) in [5.41, 5.74) is 1.08. The van der Waals surface area contributed by atoms with Crippen LogP contribution in [0.3, 0.4) is 0 Å². The summed E-state index contributed by atoms with van der Waals surface area (Å²) in [5.74, 6) is -0.850. The molecule has 3 aromatic rings. The number of hydrogen-bond donors (Lipinski definition) is 2. The first-order valence-electron chi connectivity index (χ1n) is 7.25. The number of fused-ring (bicyclic) bond motifs is 1. The summed E-state index contributed by atoms with van der Waals surface area (Å²) in [4.78, 5) is 16.3. The van der Waals surface area contributed by atoms with E-state index in [0.29, 0.717) is 17.5 Å². The van der Waals surface area contributed by atoms with Crippen LogP contribution in [0.4, 0.5) is 4.39 Å². The van der Waals surface area contributed by atoms with Crippen LogP contribution in [0.25, 0.3) is 10.9 Å². The van der Waals surface area contributed by atoms with Crippen LogP contribution < -0.4 is 5.32 Å². The molecule has 0 aliphatic heterocycles. The molecular weight excluding hydrogens is 295 g/mol. The lowest BCUT2D eigenvalue weighted by Crippen LogP contribution is -2.26. The first-order chi connectivity index (χ1) is 11.2. The molecule has 0 bridgehead atoms. The van der Waals surface area contributed by atoms with Gasteiger partial charge in [-0.25, -0.2) is 4.39 Å². The van der Waals surface area contributed by atoms with Crippen LogP contribution in [0.1, 0.15) is 15.9 Å². The number of rotatable bonds is 4. The highest BCUT2D eigenvalue weighted by atomic mass is 19.1. The van der Waals surface area contributed by atoms with E-state index in [-0.39, 0.29) is 23.7 Å². The molecule has 0 fully saturated rings. The van der Waals surface area contributed by atoms with Crippen molar-refractivity contribution in [3.63, 3.8) is 0 Å². The van der Waals surface area contributed by atoms with Crippen molar-refractivity contribution in [3.05, 3.63) is 71.7 Å². The number of phenolic OH excluding ortho intramolecular Hbond substituents is 1. The van der Waals surface area contributed by atoms with E-state index < -0.39 is 5.91 Å². The number of nitrogens with zero attached hydrogens (tertiary/aromatic N) is 1. The van der Waals surface area contributed by atoms with Crippen LogP contribution in [-0.4, -0.2) is 22.5 Å². The van der Waals surface area contributed by atoms with Gasteiger partial charge in [-0.15, -0.1) is 0 Å². The molecule has 116 valence electrons. The van der Waals surface area contributed by atoms with E-state index >= 15 is 0 Å². The lowest BCUT2D eigenvalue weighted by atomic mass is 10.1. The average Bonchev–Trinajstić information content (AvgIpc) is 2.57. The van der Waals surface area contributed by atoms with Crippen molar-refractivity contribution < 1.29 is 14.3 Å². The van der Waals surface area contributed by atoms with Gasteiger partial charge in [0.25, 0.3) is 5.91 Å². The molecule has 23 heavy (non-hydrogen) atoms. The summed E-state index contributed by atoms with van der Waals surface area (Å²) in [7, 11) is 0. The normalized spacial score (nSPS) is 10.7. The summed E-state index contributed by atoms with van der Waals surface area (Å²) < 4.78 is 13.5. The molecule has 0 saturated carbocycles. The van der Waals surface area contributed by atoms with Crippen molar-refractivity contribution in [2.75, 3.05) is 6.54 Å². The maximum absolute atomic E-state index is 13.5. The molecule has 4 nitrogen and oxygen atoms in total. The molecule has 2 N–H and O–H groups in total. The van der Waals surface area contributed by atoms with Gasteiger partial charge in [-0.2, -0.15) is 0 Å². The third-order valence-electron chi connectivity index (χ3n) is 3.63. The fraction of sp³-hybridized carbons (Fsp3) is 0.111. The van der Waals surface area contributed by atoms with Gasteiger partial charge in [-0.1, -0.05) is 30.3 Å². The van der Waals surface area contributed by atoms with Crippen LogP contribution in [0, 0.1) is 5.82 Å². The molecule has 1 heterocycles. The fourth-order valence-electron chi connectivity index (χ4n) is 2.42. The Kier molecular flexibility index (Phi) is 4.19. The molecule has 5 heteroatoms. The number of halogens is 1. The Morgan fingerprint density at radius 1 is 1.13 bits per heavy atom. The van der Waals surface area contributed by atoms with Crippen molar-refractivity contribution >= 4 is 16.8 Å². The van der Waals surface area contributed by atoms with Crippen LogP contribution in [0.5, 0.6) is 5.75 Å². The first kappa shape index (κ1) is 15.0. The van der Waals surface area contributed by atoms with Gasteiger partial charge in [0.15, 0.2) is 5.75 Å². The van der Waals surface area contributed by atoms with Crippen molar-refractivity contribution in [1.29, 1.82) is 0 Å². The monoisotopic (exact) mass is 310 g/mol. The summed E-state index contributed by atoms with van der Waals surface area (Å²) in [6, 6.07) is 13.3. The highest BCUT2D eigenvalue weighted by molar-refractivity contribution is 6.02. The Hall–Kier alpha value is -2.95. The lowest BCUT2D eigenvalue weighted by molar-refractivity contribution is 0.0951.